The van der Waals surface area contributed by atoms with E-state index in [1.165, 1.54) is 0 Å². The number of aliphatic carboxylic acids is 1. The van der Waals surface area contributed by atoms with Crippen LogP contribution in [0.4, 0.5) is 0 Å². The first-order chi connectivity index (χ1) is 5.43. The van der Waals surface area contributed by atoms with Gasteiger partial charge in [-0.1, -0.05) is 20.8 Å². The van der Waals surface area contributed by atoms with Gasteiger partial charge in [-0.2, -0.15) is 0 Å². The molecule has 72 valence electrons. The van der Waals surface area contributed by atoms with Crippen LogP contribution < -0.4 is 0 Å². The fraction of sp³-hybridized carbons (Fsp3) is 0.889. The lowest BCUT2D eigenvalue weighted by molar-refractivity contribution is -0.139. The molecule has 0 aliphatic heterocycles. The molecule has 0 saturated heterocycles. The van der Waals surface area contributed by atoms with Crippen molar-refractivity contribution in [1.82, 2.24) is 0 Å². The standard InChI is InChI=1S/C9H18O3/c1-6(2)4-8(10)7(3)5-9(11)12/h6-8,10H,4-5H2,1-3H3,(H,11,12). The summed E-state index contributed by atoms with van der Waals surface area (Å²) in [5.41, 5.74) is 0. The lowest BCUT2D eigenvalue weighted by Gasteiger charge is -2.18. The molecule has 0 aliphatic rings. The van der Waals surface area contributed by atoms with Crippen molar-refractivity contribution in [3.8, 4) is 0 Å². The van der Waals surface area contributed by atoms with Crippen LogP contribution in [0.1, 0.15) is 33.6 Å². The lowest BCUT2D eigenvalue weighted by atomic mass is 9.94. The van der Waals surface area contributed by atoms with Gasteiger partial charge in [-0.3, -0.25) is 4.79 Å². The Kier molecular flexibility index (Phi) is 4.90. The number of hydrogen-bond acceptors (Lipinski definition) is 2. The first-order valence-electron chi connectivity index (χ1n) is 4.33. The maximum Gasteiger partial charge on any atom is 0.303 e. The molecule has 2 N–H and O–H groups in total. The average molecular weight is 174 g/mol. The van der Waals surface area contributed by atoms with E-state index in [-0.39, 0.29) is 12.3 Å². The molecule has 2 unspecified atom stereocenters. The second-order valence-corrected chi connectivity index (χ2v) is 3.77. The first-order valence-corrected chi connectivity index (χ1v) is 4.33. The van der Waals surface area contributed by atoms with E-state index in [1.807, 2.05) is 13.8 Å². The Hall–Kier alpha value is -0.570. The van der Waals surface area contributed by atoms with Crippen molar-refractivity contribution in [2.45, 2.75) is 39.7 Å². The fourth-order valence-electron chi connectivity index (χ4n) is 1.13. The van der Waals surface area contributed by atoms with Crippen molar-refractivity contribution < 1.29 is 15.0 Å². The zero-order valence-electron chi connectivity index (χ0n) is 7.95. The Balaban J connectivity index is 3.76. The second-order valence-electron chi connectivity index (χ2n) is 3.77. The van der Waals surface area contributed by atoms with E-state index in [0.29, 0.717) is 12.3 Å². The van der Waals surface area contributed by atoms with Gasteiger partial charge in [-0.05, 0) is 18.3 Å². The molecule has 2 atom stereocenters. The van der Waals surface area contributed by atoms with Crippen LogP contribution in [0.2, 0.25) is 0 Å². The van der Waals surface area contributed by atoms with E-state index >= 15 is 0 Å². The summed E-state index contributed by atoms with van der Waals surface area (Å²) in [6.45, 7) is 5.79. The molecule has 0 aromatic rings. The highest BCUT2D eigenvalue weighted by atomic mass is 16.4. The molecule has 0 aromatic carbocycles. The second kappa shape index (κ2) is 5.14. The van der Waals surface area contributed by atoms with Crippen LogP contribution in [0.15, 0.2) is 0 Å². The molecule has 0 heterocycles. The zero-order valence-corrected chi connectivity index (χ0v) is 7.95. The van der Waals surface area contributed by atoms with E-state index in [1.54, 1.807) is 6.92 Å². The molecule has 0 aliphatic carbocycles. The van der Waals surface area contributed by atoms with Gasteiger partial charge >= 0.3 is 5.97 Å². The van der Waals surface area contributed by atoms with Gasteiger partial charge in [0.2, 0.25) is 0 Å². The first kappa shape index (κ1) is 11.4. The van der Waals surface area contributed by atoms with E-state index in [9.17, 15) is 9.90 Å². The number of aliphatic hydroxyl groups excluding tert-OH is 1. The third-order valence-corrected chi connectivity index (χ3v) is 1.87. The molecular weight excluding hydrogens is 156 g/mol. The topological polar surface area (TPSA) is 57.5 Å². The minimum Gasteiger partial charge on any atom is -0.481 e. The lowest BCUT2D eigenvalue weighted by Crippen LogP contribution is -2.22. The molecule has 0 saturated carbocycles. The summed E-state index contributed by atoms with van der Waals surface area (Å²) < 4.78 is 0. The van der Waals surface area contributed by atoms with Crippen molar-refractivity contribution in [2.24, 2.45) is 11.8 Å². The summed E-state index contributed by atoms with van der Waals surface area (Å²) >= 11 is 0. The molecule has 3 heteroatoms. The van der Waals surface area contributed by atoms with Crippen LogP contribution in [0.5, 0.6) is 0 Å². The number of carboxylic acids is 1. The average Bonchev–Trinajstić information content (AvgIpc) is 1.84. The molecule has 3 nitrogen and oxygen atoms in total. The van der Waals surface area contributed by atoms with Crippen molar-refractivity contribution in [1.29, 1.82) is 0 Å². The van der Waals surface area contributed by atoms with Gasteiger partial charge < -0.3 is 10.2 Å². The number of rotatable bonds is 5. The maximum absolute atomic E-state index is 10.3. The molecule has 0 amide bonds. The highest BCUT2D eigenvalue weighted by Gasteiger charge is 2.17. The van der Waals surface area contributed by atoms with Gasteiger partial charge in [0.15, 0.2) is 0 Å². The number of hydrogen-bond donors (Lipinski definition) is 2. The van der Waals surface area contributed by atoms with E-state index in [4.69, 9.17) is 5.11 Å². The van der Waals surface area contributed by atoms with Gasteiger partial charge in [-0.15, -0.1) is 0 Å². The third-order valence-electron chi connectivity index (χ3n) is 1.87. The van der Waals surface area contributed by atoms with Gasteiger partial charge in [0.1, 0.15) is 0 Å². The van der Waals surface area contributed by atoms with Crippen LogP contribution in [-0.4, -0.2) is 22.3 Å². The fourth-order valence-corrected chi connectivity index (χ4v) is 1.13. The van der Waals surface area contributed by atoms with Crippen LogP contribution >= 0.6 is 0 Å². The van der Waals surface area contributed by atoms with Crippen LogP contribution in [0.25, 0.3) is 0 Å². The highest BCUT2D eigenvalue weighted by Crippen LogP contribution is 2.15. The van der Waals surface area contributed by atoms with Crippen molar-refractivity contribution in [3.05, 3.63) is 0 Å². The highest BCUT2D eigenvalue weighted by molar-refractivity contribution is 5.67. The maximum atomic E-state index is 10.3. The molecular formula is C9H18O3. The minimum atomic E-state index is -0.842. The Labute approximate surface area is 73.4 Å². The molecule has 12 heavy (non-hydrogen) atoms. The SMILES string of the molecule is CC(C)CC(O)C(C)CC(=O)O. The third kappa shape index (κ3) is 5.13. The summed E-state index contributed by atoms with van der Waals surface area (Å²) in [5, 5.41) is 17.9. The Morgan fingerprint density at radius 1 is 1.33 bits per heavy atom. The Morgan fingerprint density at radius 3 is 2.17 bits per heavy atom. The molecule has 0 aromatic heterocycles. The summed E-state index contributed by atoms with van der Waals surface area (Å²) in [4.78, 5) is 10.3. The van der Waals surface area contributed by atoms with Crippen molar-refractivity contribution in [2.75, 3.05) is 0 Å². The van der Waals surface area contributed by atoms with E-state index < -0.39 is 12.1 Å². The Bertz CT molecular complexity index is 143. The van der Waals surface area contributed by atoms with Crippen LogP contribution in [0, 0.1) is 11.8 Å². The number of carboxylic acid groups (broad SMARTS) is 1. The predicted molar refractivity (Wildman–Crippen MR) is 46.9 cm³/mol. The molecule has 0 spiro atoms. The zero-order chi connectivity index (χ0) is 9.72. The smallest absolute Gasteiger partial charge is 0.303 e. The minimum absolute atomic E-state index is 0.0495. The van der Waals surface area contributed by atoms with Gasteiger partial charge in [0, 0.05) is 0 Å². The summed E-state index contributed by atoms with van der Waals surface area (Å²) in [6, 6.07) is 0. The Morgan fingerprint density at radius 2 is 1.83 bits per heavy atom. The predicted octanol–water partition coefficient (Wildman–Crippen LogP) is 1.50. The molecule has 0 radical (unpaired) electrons. The largest absolute Gasteiger partial charge is 0.481 e. The number of carbonyl (C=O) groups is 1. The number of aliphatic hydroxyl groups is 1. The monoisotopic (exact) mass is 174 g/mol. The normalized spacial score (nSPS) is 16.1. The summed E-state index contributed by atoms with van der Waals surface area (Å²) in [5.74, 6) is -0.577. The van der Waals surface area contributed by atoms with Gasteiger partial charge in [0.25, 0.3) is 0 Å². The summed E-state index contributed by atoms with van der Waals surface area (Å²) in [6.07, 6.45) is 0.239. The molecule has 0 bridgehead atoms. The van der Waals surface area contributed by atoms with Crippen molar-refractivity contribution in [3.63, 3.8) is 0 Å². The van der Waals surface area contributed by atoms with Crippen LogP contribution in [-0.2, 0) is 4.79 Å². The van der Waals surface area contributed by atoms with E-state index in [0.717, 1.165) is 0 Å². The van der Waals surface area contributed by atoms with Crippen LogP contribution in [0.3, 0.4) is 0 Å². The molecule has 0 rings (SSSR count). The van der Waals surface area contributed by atoms with E-state index in [2.05, 4.69) is 0 Å². The molecule has 0 fully saturated rings. The summed E-state index contributed by atoms with van der Waals surface area (Å²) in [7, 11) is 0. The van der Waals surface area contributed by atoms with Gasteiger partial charge in [-0.25, -0.2) is 0 Å². The van der Waals surface area contributed by atoms with Crippen molar-refractivity contribution >= 4 is 5.97 Å². The quantitative estimate of drug-likeness (QED) is 0.664. The van der Waals surface area contributed by atoms with Gasteiger partial charge in [0.05, 0.1) is 12.5 Å².